The van der Waals surface area contributed by atoms with Gasteiger partial charge in [0.15, 0.2) is 0 Å². The molecule has 0 spiro atoms. The number of hydrogen-bond acceptors (Lipinski definition) is 1. The SMILES string of the molecule is BC(=C/C=C)/C=C/S. The third-order valence-corrected chi connectivity index (χ3v) is 0.867. The van der Waals surface area contributed by atoms with Crippen molar-refractivity contribution in [1.82, 2.24) is 0 Å². The molecule has 0 saturated heterocycles. The third kappa shape index (κ3) is 3.81. The molecule has 0 rings (SSSR count). The van der Waals surface area contributed by atoms with Crippen LogP contribution in [0.15, 0.2) is 35.7 Å². The molecular formula is C6H9BS. The average molecular weight is 124 g/mol. The van der Waals surface area contributed by atoms with Crippen LogP contribution in [0.5, 0.6) is 0 Å². The second-order valence-electron chi connectivity index (χ2n) is 1.46. The molecule has 0 amide bonds. The summed E-state index contributed by atoms with van der Waals surface area (Å²) >= 11 is 3.90. The van der Waals surface area contributed by atoms with Gasteiger partial charge in [-0.2, -0.15) is 12.6 Å². The Morgan fingerprint density at radius 3 is 2.62 bits per heavy atom. The van der Waals surface area contributed by atoms with Gasteiger partial charge in [-0.15, -0.1) is 0 Å². The van der Waals surface area contributed by atoms with Gasteiger partial charge in [0, 0.05) is 0 Å². The fourth-order valence-electron chi connectivity index (χ4n) is 0.359. The first kappa shape index (κ1) is 7.63. The van der Waals surface area contributed by atoms with Gasteiger partial charge >= 0.3 is 0 Å². The zero-order valence-corrected chi connectivity index (χ0v) is 5.86. The van der Waals surface area contributed by atoms with Crippen molar-refractivity contribution in [2.24, 2.45) is 0 Å². The molecule has 0 aromatic rings. The minimum absolute atomic E-state index is 1.16. The second kappa shape index (κ2) is 4.79. The predicted octanol–water partition coefficient (Wildman–Crippen LogP) is 1.13. The van der Waals surface area contributed by atoms with Gasteiger partial charge in [-0.1, -0.05) is 30.3 Å². The van der Waals surface area contributed by atoms with E-state index in [1.54, 1.807) is 11.5 Å². The Bertz CT molecular complexity index is 124. The van der Waals surface area contributed by atoms with Crippen LogP contribution in [-0.4, -0.2) is 7.85 Å². The van der Waals surface area contributed by atoms with E-state index in [1.807, 2.05) is 20.0 Å². The highest BCUT2D eigenvalue weighted by molar-refractivity contribution is 7.83. The van der Waals surface area contributed by atoms with E-state index in [9.17, 15) is 0 Å². The van der Waals surface area contributed by atoms with Crippen molar-refractivity contribution >= 4 is 20.5 Å². The first-order valence-electron chi connectivity index (χ1n) is 2.41. The van der Waals surface area contributed by atoms with Crippen molar-refractivity contribution in [3.05, 3.63) is 35.7 Å². The summed E-state index contributed by atoms with van der Waals surface area (Å²) in [6.07, 6.45) is 5.58. The van der Waals surface area contributed by atoms with Crippen molar-refractivity contribution in [2.75, 3.05) is 0 Å². The quantitative estimate of drug-likeness (QED) is 0.318. The topological polar surface area (TPSA) is 0 Å². The fourth-order valence-corrected chi connectivity index (χ4v) is 0.594. The van der Waals surface area contributed by atoms with Crippen molar-refractivity contribution < 1.29 is 0 Å². The summed E-state index contributed by atoms with van der Waals surface area (Å²) in [5.74, 6) is 0. The monoisotopic (exact) mass is 124 g/mol. The molecule has 0 unspecified atom stereocenters. The van der Waals surface area contributed by atoms with Gasteiger partial charge in [-0.25, -0.2) is 0 Å². The molecule has 8 heavy (non-hydrogen) atoms. The maximum atomic E-state index is 3.90. The van der Waals surface area contributed by atoms with Gasteiger partial charge in [0.25, 0.3) is 0 Å². The maximum Gasteiger partial charge on any atom is 0.139 e. The summed E-state index contributed by atoms with van der Waals surface area (Å²) in [5.41, 5.74) is 1.16. The minimum atomic E-state index is 1.16. The molecule has 42 valence electrons. The number of thiol groups is 1. The van der Waals surface area contributed by atoms with Gasteiger partial charge in [-0.05, 0) is 5.41 Å². The van der Waals surface area contributed by atoms with Crippen LogP contribution in [0.2, 0.25) is 0 Å². The molecule has 0 radical (unpaired) electrons. The van der Waals surface area contributed by atoms with Crippen LogP contribution in [0.4, 0.5) is 0 Å². The summed E-state index contributed by atoms with van der Waals surface area (Å²) in [4.78, 5) is 0. The number of rotatable bonds is 2. The lowest BCUT2D eigenvalue weighted by molar-refractivity contribution is 1.89. The van der Waals surface area contributed by atoms with Gasteiger partial charge in [-0.3, -0.25) is 0 Å². The molecule has 0 aliphatic heterocycles. The molecule has 0 bridgehead atoms. The van der Waals surface area contributed by atoms with E-state index >= 15 is 0 Å². The van der Waals surface area contributed by atoms with Gasteiger partial charge in [0.1, 0.15) is 7.85 Å². The van der Waals surface area contributed by atoms with Crippen LogP contribution in [0.25, 0.3) is 0 Å². The Balaban J connectivity index is 3.79. The van der Waals surface area contributed by atoms with E-state index in [2.05, 4.69) is 19.2 Å². The van der Waals surface area contributed by atoms with Crippen LogP contribution in [-0.2, 0) is 0 Å². The lowest BCUT2D eigenvalue weighted by atomic mass is 9.96. The molecule has 0 aliphatic rings. The van der Waals surface area contributed by atoms with Crippen LogP contribution in [0.3, 0.4) is 0 Å². The summed E-state index contributed by atoms with van der Waals surface area (Å²) in [5, 5.41) is 1.70. The Hall–Kier alpha value is -0.365. The Morgan fingerprint density at radius 1 is 1.62 bits per heavy atom. The summed E-state index contributed by atoms with van der Waals surface area (Å²) < 4.78 is 0. The van der Waals surface area contributed by atoms with E-state index in [0.717, 1.165) is 5.47 Å². The number of hydrogen-bond donors (Lipinski definition) is 1. The first-order chi connectivity index (χ1) is 3.81. The fraction of sp³-hybridized carbons (Fsp3) is 0. The van der Waals surface area contributed by atoms with Gasteiger partial charge in [0.2, 0.25) is 0 Å². The van der Waals surface area contributed by atoms with Gasteiger partial charge in [0.05, 0.1) is 0 Å². The molecule has 0 atom stereocenters. The Kier molecular flexibility index (Phi) is 4.57. The molecular weight excluding hydrogens is 115 g/mol. The molecule has 0 fully saturated rings. The van der Waals surface area contributed by atoms with Crippen molar-refractivity contribution in [3.8, 4) is 0 Å². The Morgan fingerprint density at radius 2 is 2.25 bits per heavy atom. The van der Waals surface area contributed by atoms with E-state index in [0.29, 0.717) is 0 Å². The van der Waals surface area contributed by atoms with Crippen molar-refractivity contribution in [1.29, 1.82) is 0 Å². The normalized spacial score (nSPS) is 12.4. The second-order valence-corrected chi connectivity index (χ2v) is 1.76. The minimum Gasteiger partial charge on any atom is -0.151 e. The highest BCUT2D eigenvalue weighted by atomic mass is 32.1. The van der Waals surface area contributed by atoms with Crippen LogP contribution in [0, 0.1) is 0 Å². The highest BCUT2D eigenvalue weighted by Crippen LogP contribution is 1.90. The van der Waals surface area contributed by atoms with Crippen molar-refractivity contribution in [3.63, 3.8) is 0 Å². The van der Waals surface area contributed by atoms with E-state index in [1.165, 1.54) is 0 Å². The molecule has 0 aliphatic carbocycles. The summed E-state index contributed by atoms with van der Waals surface area (Å²) in [6.45, 7) is 3.55. The molecule has 0 aromatic carbocycles. The average Bonchev–Trinajstić information content (AvgIpc) is 1.68. The standard InChI is InChI=1S/C6H9BS/c1-2-3-6(7)4-5-8/h2-5,8H,1,7H2/b5-4+,6-3+. The molecule has 2 heteroatoms. The molecule has 0 saturated carbocycles. The molecule has 0 heterocycles. The lowest BCUT2D eigenvalue weighted by Crippen LogP contribution is -1.69. The summed E-state index contributed by atoms with van der Waals surface area (Å²) in [7, 11) is 1.99. The Labute approximate surface area is 56.8 Å². The zero-order valence-electron chi connectivity index (χ0n) is 4.96. The molecule has 0 nitrogen and oxygen atoms in total. The zero-order chi connectivity index (χ0) is 6.41. The van der Waals surface area contributed by atoms with E-state index in [-0.39, 0.29) is 0 Å². The lowest BCUT2D eigenvalue weighted by Gasteiger charge is -1.82. The third-order valence-electron chi connectivity index (χ3n) is 0.718. The predicted molar refractivity (Wildman–Crippen MR) is 45.0 cm³/mol. The van der Waals surface area contributed by atoms with E-state index < -0.39 is 0 Å². The van der Waals surface area contributed by atoms with Crippen LogP contribution < -0.4 is 0 Å². The number of allylic oxidation sites excluding steroid dienone is 4. The van der Waals surface area contributed by atoms with Crippen LogP contribution >= 0.6 is 12.6 Å². The molecule has 0 aromatic heterocycles. The largest absolute Gasteiger partial charge is 0.151 e. The molecule has 0 N–H and O–H groups in total. The van der Waals surface area contributed by atoms with E-state index in [4.69, 9.17) is 0 Å². The van der Waals surface area contributed by atoms with Gasteiger partial charge < -0.3 is 0 Å². The maximum absolute atomic E-state index is 3.90. The summed E-state index contributed by atoms with van der Waals surface area (Å²) in [6, 6.07) is 0. The van der Waals surface area contributed by atoms with Crippen molar-refractivity contribution in [2.45, 2.75) is 0 Å². The van der Waals surface area contributed by atoms with Crippen LogP contribution in [0.1, 0.15) is 0 Å². The first-order valence-corrected chi connectivity index (χ1v) is 2.93. The smallest absolute Gasteiger partial charge is 0.139 e. The highest BCUT2D eigenvalue weighted by Gasteiger charge is 1.72.